The first kappa shape index (κ1) is 15.3. The number of halogens is 2. The molecule has 0 aromatic heterocycles. The van der Waals surface area contributed by atoms with Gasteiger partial charge in [-0.25, -0.2) is 0 Å². The lowest BCUT2D eigenvalue weighted by atomic mass is 10.1. The third-order valence-corrected chi connectivity index (χ3v) is 3.39. The van der Waals surface area contributed by atoms with Crippen molar-refractivity contribution in [2.75, 3.05) is 18.0 Å². The molecule has 0 fully saturated rings. The molecule has 0 radical (unpaired) electrons. The molecule has 0 saturated heterocycles. The summed E-state index contributed by atoms with van der Waals surface area (Å²) in [5, 5.41) is 8.77. The Hall–Kier alpha value is -0.720. The van der Waals surface area contributed by atoms with Crippen molar-refractivity contribution < 1.29 is 0 Å². The van der Waals surface area contributed by atoms with Crippen molar-refractivity contribution in [2.24, 2.45) is 5.92 Å². The summed E-state index contributed by atoms with van der Waals surface area (Å²) in [5.41, 5.74) is 2.24. The minimum atomic E-state index is 0.490. The summed E-state index contributed by atoms with van der Waals surface area (Å²) in [6.07, 6.45) is 0.529. The van der Waals surface area contributed by atoms with Crippen LogP contribution in [0.4, 0.5) is 5.69 Å². The van der Waals surface area contributed by atoms with Crippen molar-refractivity contribution >= 4 is 33.2 Å². The molecular formula is C14H18BrClN2. The number of nitrogens with zero attached hydrogens (tertiary/aromatic N) is 2. The third-order valence-electron chi connectivity index (χ3n) is 2.61. The van der Waals surface area contributed by atoms with Crippen LogP contribution in [-0.2, 0) is 5.88 Å². The van der Waals surface area contributed by atoms with Crippen LogP contribution in [0.25, 0.3) is 0 Å². The van der Waals surface area contributed by atoms with Gasteiger partial charge in [0.25, 0.3) is 0 Å². The van der Waals surface area contributed by atoms with E-state index in [1.165, 1.54) is 0 Å². The Labute approximate surface area is 123 Å². The highest BCUT2D eigenvalue weighted by molar-refractivity contribution is 9.10. The van der Waals surface area contributed by atoms with Gasteiger partial charge in [-0.3, -0.25) is 0 Å². The standard InChI is InChI=1S/C14H18BrClN2/c1-11(2)10-18(7-3-6-17)14-8-13(15)5-4-12(14)9-16/h4-5,8,11H,3,7,9-10H2,1-2H3. The summed E-state index contributed by atoms with van der Waals surface area (Å²) in [5.74, 6) is 1.04. The number of alkyl halides is 1. The molecule has 1 aromatic rings. The van der Waals surface area contributed by atoms with Gasteiger partial charge in [0.15, 0.2) is 0 Å². The van der Waals surface area contributed by atoms with Gasteiger partial charge in [-0.05, 0) is 23.6 Å². The fourth-order valence-electron chi connectivity index (χ4n) is 1.88. The van der Waals surface area contributed by atoms with Crippen LogP contribution in [0.5, 0.6) is 0 Å². The first-order chi connectivity index (χ1) is 8.58. The summed E-state index contributed by atoms with van der Waals surface area (Å²) in [6.45, 7) is 6.03. The van der Waals surface area contributed by atoms with Gasteiger partial charge >= 0.3 is 0 Å². The molecule has 18 heavy (non-hydrogen) atoms. The van der Waals surface area contributed by atoms with Gasteiger partial charge in [0.05, 0.1) is 12.5 Å². The van der Waals surface area contributed by atoms with Crippen molar-refractivity contribution in [1.82, 2.24) is 0 Å². The Kier molecular flexibility index (Phi) is 6.52. The summed E-state index contributed by atoms with van der Waals surface area (Å²) in [7, 11) is 0. The molecule has 4 heteroatoms. The van der Waals surface area contributed by atoms with Crippen LogP contribution in [0.15, 0.2) is 22.7 Å². The van der Waals surface area contributed by atoms with E-state index in [0.717, 1.165) is 28.8 Å². The van der Waals surface area contributed by atoms with E-state index in [-0.39, 0.29) is 0 Å². The van der Waals surface area contributed by atoms with Gasteiger partial charge in [-0.1, -0.05) is 35.8 Å². The summed E-state index contributed by atoms with van der Waals surface area (Å²) >= 11 is 9.49. The van der Waals surface area contributed by atoms with E-state index in [9.17, 15) is 0 Å². The molecule has 0 bridgehead atoms. The number of rotatable bonds is 6. The maximum absolute atomic E-state index is 8.77. The minimum absolute atomic E-state index is 0.490. The second-order valence-corrected chi connectivity index (χ2v) is 5.84. The first-order valence-corrected chi connectivity index (χ1v) is 7.37. The van der Waals surface area contributed by atoms with Crippen LogP contribution < -0.4 is 4.90 Å². The lowest BCUT2D eigenvalue weighted by Gasteiger charge is -2.28. The fourth-order valence-corrected chi connectivity index (χ4v) is 2.46. The van der Waals surface area contributed by atoms with E-state index in [2.05, 4.69) is 46.8 Å². The zero-order valence-electron chi connectivity index (χ0n) is 10.8. The van der Waals surface area contributed by atoms with Crippen molar-refractivity contribution in [3.8, 4) is 6.07 Å². The normalized spacial score (nSPS) is 10.4. The molecule has 0 aliphatic heterocycles. The van der Waals surface area contributed by atoms with E-state index >= 15 is 0 Å². The summed E-state index contributed by atoms with van der Waals surface area (Å²) < 4.78 is 1.04. The molecule has 0 saturated carbocycles. The first-order valence-electron chi connectivity index (χ1n) is 6.04. The van der Waals surface area contributed by atoms with E-state index in [0.29, 0.717) is 18.2 Å². The van der Waals surface area contributed by atoms with E-state index < -0.39 is 0 Å². The molecule has 0 atom stereocenters. The number of benzene rings is 1. The van der Waals surface area contributed by atoms with Gasteiger partial charge in [-0.2, -0.15) is 5.26 Å². The molecule has 98 valence electrons. The fraction of sp³-hybridized carbons (Fsp3) is 0.500. The number of hydrogen-bond acceptors (Lipinski definition) is 2. The van der Waals surface area contributed by atoms with Gasteiger partial charge in [0, 0.05) is 29.1 Å². The Morgan fingerprint density at radius 1 is 1.44 bits per heavy atom. The third kappa shape index (κ3) is 4.51. The maximum Gasteiger partial charge on any atom is 0.0640 e. The average Bonchev–Trinajstić information content (AvgIpc) is 2.34. The number of hydrogen-bond donors (Lipinski definition) is 0. The largest absolute Gasteiger partial charge is 0.370 e. The van der Waals surface area contributed by atoms with Crippen molar-refractivity contribution in [3.05, 3.63) is 28.2 Å². The quantitative estimate of drug-likeness (QED) is 0.715. The van der Waals surface area contributed by atoms with Crippen LogP contribution in [0.2, 0.25) is 0 Å². The molecule has 0 amide bonds. The van der Waals surface area contributed by atoms with E-state index in [4.69, 9.17) is 16.9 Å². The molecule has 1 aromatic carbocycles. The molecule has 0 aliphatic rings. The monoisotopic (exact) mass is 328 g/mol. The van der Waals surface area contributed by atoms with Crippen molar-refractivity contribution in [2.45, 2.75) is 26.1 Å². The topological polar surface area (TPSA) is 27.0 Å². The highest BCUT2D eigenvalue weighted by atomic mass is 79.9. The molecule has 1 rings (SSSR count). The van der Waals surface area contributed by atoms with Gasteiger partial charge in [0.1, 0.15) is 0 Å². The Bertz CT molecular complexity index is 426. The number of nitriles is 1. The summed E-state index contributed by atoms with van der Waals surface area (Å²) in [4.78, 5) is 2.25. The molecule has 0 heterocycles. The van der Waals surface area contributed by atoms with Gasteiger partial charge in [-0.15, -0.1) is 11.6 Å². The average molecular weight is 330 g/mol. The molecule has 0 unspecified atom stereocenters. The Morgan fingerprint density at radius 3 is 2.72 bits per heavy atom. The van der Waals surface area contributed by atoms with Crippen LogP contribution in [-0.4, -0.2) is 13.1 Å². The van der Waals surface area contributed by atoms with E-state index in [1.54, 1.807) is 0 Å². The number of anilines is 1. The van der Waals surface area contributed by atoms with Crippen LogP contribution >= 0.6 is 27.5 Å². The molecule has 0 N–H and O–H groups in total. The van der Waals surface area contributed by atoms with Crippen LogP contribution in [0.3, 0.4) is 0 Å². The highest BCUT2D eigenvalue weighted by Crippen LogP contribution is 2.27. The molecule has 0 spiro atoms. The molecular weight excluding hydrogens is 312 g/mol. The van der Waals surface area contributed by atoms with Gasteiger partial charge in [0.2, 0.25) is 0 Å². The maximum atomic E-state index is 8.77. The molecule has 2 nitrogen and oxygen atoms in total. The lowest BCUT2D eigenvalue weighted by Crippen LogP contribution is -2.29. The van der Waals surface area contributed by atoms with Crippen molar-refractivity contribution in [3.63, 3.8) is 0 Å². The van der Waals surface area contributed by atoms with E-state index in [1.807, 2.05) is 12.1 Å². The second kappa shape index (κ2) is 7.66. The van der Waals surface area contributed by atoms with Crippen LogP contribution in [0, 0.1) is 17.2 Å². The zero-order chi connectivity index (χ0) is 13.5. The highest BCUT2D eigenvalue weighted by Gasteiger charge is 2.12. The van der Waals surface area contributed by atoms with Crippen LogP contribution in [0.1, 0.15) is 25.8 Å². The summed E-state index contributed by atoms with van der Waals surface area (Å²) in [6, 6.07) is 8.32. The molecule has 0 aliphatic carbocycles. The smallest absolute Gasteiger partial charge is 0.0640 e. The lowest BCUT2D eigenvalue weighted by molar-refractivity contribution is 0.611. The SMILES string of the molecule is CC(C)CN(CCC#N)c1cc(Br)ccc1CCl. The predicted molar refractivity (Wildman–Crippen MR) is 81.0 cm³/mol. The predicted octanol–water partition coefficient (Wildman–Crippen LogP) is 4.56. The zero-order valence-corrected chi connectivity index (χ0v) is 13.1. The second-order valence-electron chi connectivity index (χ2n) is 4.65. The van der Waals surface area contributed by atoms with Gasteiger partial charge < -0.3 is 4.90 Å². The minimum Gasteiger partial charge on any atom is -0.370 e. The van der Waals surface area contributed by atoms with Crippen molar-refractivity contribution in [1.29, 1.82) is 5.26 Å². The Balaban J connectivity index is 3.02. The Morgan fingerprint density at radius 2 is 2.17 bits per heavy atom.